The number of aryl methyl sites for hydroxylation is 1. The predicted octanol–water partition coefficient (Wildman–Crippen LogP) is 2.54. The minimum atomic E-state index is -3.16. The van der Waals surface area contributed by atoms with E-state index in [1.54, 1.807) is 37.3 Å². The van der Waals surface area contributed by atoms with Gasteiger partial charge in [0.1, 0.15) is 0 Å². The van der Waals surface area contributed by atoms with Crippen molar-refractivity contribution in [1.82, 2.24) is 0 Å². The van der Waals surface area contributed by atoms with E-state index in [2.05, 4.69) is 5.32 Å². The molecular formula is C19H21N3O5S. The summed E-state index contributed by atoms with van der Waals surface area (Å²) < 4.78 is 23.8. The first-order chi connectivity index (χ1) is 13.3. The molecule has 2 aromatic rings. The van der Waals surface area contributed by atoms with E-state index < -0.39 is 20.8 Å². The number of nitro groups is 1. The Labute approximate surface area is 163 Å². The highest BCUT2D eigenvalue weighted by Crippen LogP contribution is 2.26. The van der Waals surface area contributed by atoms with Crippen molar-refractivity contribution in [2.75, 3.05) is 28.3 Å². The molecule has 0 unspecified atom stereocenters. The summed E-state index contributed by atoms with van der Waals surface area (Å²) in [5, 5.41) is 13.9. The first-order valence-corrected chi connectivity index (χ1v) is 10.7. The molecule has 9 heteroatoms. The number of anilines is 2. The number of nitrogens with one attached hydrogen (secondary N) is 1. The van der Waals surface area contributed by atoms with E-state index >= 15 is 0 Å². The first-order valence-electron chi connectivity index (χ1n) is 8.83. The highest BCUT2D eigenvalue weighted by molar-refractivity contribution is 7.91. The number of carbonyl (C=O) groups excluding carboxylic acids is 1. The Morgan fingerprint density at radius 2 is 1.96 bits per heavy atom. The van der Waals surface area contributed by atoms with Crippen molar-refractivity contribution in [2.45, 2.75) is 19.4 Å². The average Bonchev–Trinajstić information content (AvgIpc) is 3.01. The van der Waals surface area contributed by atoms with Crippen molar-refractivity contribution < 1.29 is 18.1 Å². The lowest BCUT2D eigenvalue weighted by Gasteiger charge is -2.28. The second kappa shape index (κ2) is 7.97. The monoisotopic (exact) mass is 403 g/mol. The maximum absolute atomic E-state index is 13.0. The lowest BCUT2D eigenvalue weighted by atomic mass is 10.1. The van der Waals surface area contributed by atoms with Gasteiger partial charge in [0.15, 0.2) is 9.84 Å². The molecule has 1 heterocycles. The summed E-state index contributed by atoms with van der Waals surface area (Å²) in [6.45, 7) is 1.68. The van der Waals surface area contributed by atoms with Gasteiger partial charge in [-0.25, -0.2) is 8.42 Å². The van der Waals surface area contributed by atoms with Crippen LogP contribution in [0.3, 0.4) is 0 Å². The molecule has 148 valence electrons. The molecule has 1 fully saturated rings. The smallest absolute Gasteiger partial charge is 0.271 e. The van der Waals surface area contributed by atoms with Gasteiger partial charge >= 0.3 is 0 Å². The second-order valence-electron chi connectivity index (χ2n) is 6.77. The summed E-state index contributed by atoms with van der Waals surface area (Å²) in [5.41, 5.74) is 1.83. The fourth-order valence-electron chi connectivity index (χ4n) is 3.30. The Hall–Kier alpha value is -2.94. The average molecular weight is 403 g/mol. The van der Waals surface area contributed by atoms with Crippen LogP contribution in [0.5, 0.6) is 0 Å². The topological polar surface area (TPSA) is 110 Å². The molecule has 1 aliphatic heterocycles. The minimum Gasteiger partial charge on any atom is -0.376 e. The number of rotatable bonds is 6. The van der Waals surface area contributed by atoms with Gasteiger partial charge in [-0.15, -0.1) is 0 Å². The molecule has 0 aliphatic carbocycles. The Kier molecular flexibility index (Phi) is 5.64. The number of nitrogens with zero attached hydrogens (tertiary/aromatic N) is 2. The van der Waals surface area contributed by atoms with Crippen LogP contribution in [-0.2, 0) is 14.6 Å². The summed E-state index contributed by atoms with van der Waals surface area (Å²) >= 11 is 0. The fraction of sp³-hybridized carbons (Fsp3) is 0.316. The molecule has 8 nitrogen and oxygen atoms in total. The van der Waals surface area contributed by atoms with Crippen LogP contribution in [0.2, 0.25) is 0 Å². The van der Waals surface area contributed by atoms with E-state index in [1.807, 2.05) is 6.07 Å². The van der Waals surface area contributed by atoms with E-state index in [0.717, 1.165) is 5.56 Å². The van der Waals surface area contributed by atoms with Crippen molar-refractivity contribution >= 4 is 32.8 Å². The number of para-hydroxylation sites is 1. The van der Waals surface area contributed by atoms with Crippen LogP contribution in [0.1, 0.15) is 12.0 Å². The zero-order chi connectivity index (χ0) is 20.3. The predicted molar refractivity (Wildman–Crippen MR) is 107 cm³/mol. The number of carbonyl (C=O) groups is 1. The minimum absolute atomic E-state index is 0.0612. The molecule has 1 amide bonds. The molecule has 2 aromatic carbocycles. The van der Waals surface area contributed by atoms with Crippen LogP contribution in [0.25, 0.3) is 0 Å². The number of nitro benzene ring substituents is 1. The number of hydrogen-bond donors (Lipinski definition) is 1. The van der Waals surface area contributed by atoms with Crippen molar-refractivity contribution in [3.05, 3.63) is 64.2 Å². The molecule has 3 rings (SSSR count). The van der Waals surface area contributed by atoms with Crippen molar-refractivity contribution in [3.8, 4) is 0 Å². The third-order valence-corrected chi connectivity index (χ3v) is 6.49. The summed E-state index contributed by atoms with van der Waals surface area (Å²) in [7, 11) is -3.16. The van der Waals surface area contributed by atoms with Crippen LogP contribution >= 0.6 is 0 Å². The third-order valence-electron chi connectivity index (χ3n) is 4.74. The van der Waals surface area contributed by atoms with Gasteiger partial charge in [-0.05, 0) is 31.0 Å². The maximum Gasteiger partial charge on any atom is 0.271 e. The van der Waals surface area contributed by atoms with Crippen LogP contribution in [0.4, 0.5) is 17.1 Å². The quantitative estimate of drug-likeness (QED) is 0.586. The van der Waals surface area contributed by atoms with Gasteiger partial charge in [0.2, 0.25) is 5.91 Å². The van der Waals surface area contributed by atoms with Gasteiger partial charge in [-0.2, -0.15) is 0 Å². The number of non-ortho nitro benzene ring substituents is 1. The van der Waals surface area contributed by atoms with Crippen molar-refractivity contribution in [2.24, 2.45) is 0 Å². The normalized spacial score (nSPS) is 17.8. The molecule has 1 aliphatic rings. The van der Waals surface area contributed by atoms with Crippen LogP contribution in [-0.4, -0.2) is 43.3 Å². The summed E-state index contributed by atoms with van der Waals surface area (Å²) in [6.07, 6.45) is 0.388. The Morgan fingerprint density at radius 1 is 1.25 bits per heavy atom. The number of benzene rings is 2. The SMILES string of the molecule is Cc1ccc([N+](=O)[O-])cc1NCC(=O)N(c1ccccc1)[C@@H]1CCS(=O)(=O)C1. The van der Waals surface area contributed by atoms with E-state index in [0.29, 0.717) is 17.8 Å². The third kappa shape index (κ3) is 4.48. The Balaban J connectivity index is 1.81. The fourth-order valence-corrected chi connectivity index (χ4v) is 5.00. The Bertz CT molecular complexity index is 992. The largest absolute Gasteiger partial charge is 0.376 e. The zero-order valence-corrected chi connectivity index (χ0v) is 16.2. The molecular weight excluding hydrogens is 382 g/mol. The highest BCUT2D eigenvalue weighted by atomic mass is 32.2. The van der Waals surface area contributed by atoms with Gasteiger partial charge in [-0.1, -0.05) is 24.3 Å². The van der Waals surface area contributed by atoms with Crippen molar-refractivity contribution in [1.29, 1.82) is 0 Å². The lowest BCUT2D eigenvalue weighted by Crippen LogP contribution is -2.44. The Morgan fingerprint density at radius 3 is 2.57 bits per heavy atom. The van der Waals surface area contributed by atoms with Crippen LogP contribution in [0.15, 0.2) is 48.5 Å². The maximum atomic E-state index is 13.0. The number of amides is 1. The highest BCUT2D eigenvalue weighted by Gasteiger charge is 2.35. The van der Waals surface area contributed by atoms with Crippen molar-refractivity contribution in [3.63, 3.8) is 0 Å². The molecule has 1 atom stereocenters. The van der Waals surface area contributed by atoms with Gasteiger partial charge in [-0.3, -0.25) is 14.9 Å². The van der Waals surface area contributed by atoms with Crippen LogP contribution in [0, 0.1) is 17.0 Å². The molecule has 0 aromatic heterocycles. The summed E-state index contributed by atoms with van der Waals surface area (Å²) in [4.78, 5) is 25.0. The molecule has 0 saturated carbocycles. The van der Waals surface area contributed by atoms with Gasteiger partial charge in [0.25, 0.3) is 5.69 Å². The molecule has 1 saturated heterocycles. The van der Waals surface area contributed by atoms with E-state index in [-0.39, 0.29) is 29.6 Å². The number of sulfone groups is 1. The van der Waals surface area contributed by atoms with E-state index in [4.69, 9.17) is 0 Å². The molecule has 0 spiro atoms. The van der Waals surface area contributed by atoms with E-state index in [9.17, 15) is 23.3 Å². The van der Waals surface area contributed by atoms with E-state index in [1.165, 1.54) is 17.0 Å². The summed E-state index contributed by atoms with van der Waals surface area (Å²) in [6, 6.07) is 12.9. The number of hydrogen-bond acceptors (Lipinski definition) is 6. The van der Waals surface area contributed by atoms with Crippen LogP contribution < -0.4 is 10.2 Å². The second-order valence-corrected chi connectivity index (χ2v) is 8.99. The lowest BCUT2D eigenvalue weighted by molar-refractivity contribution is -0.384. The van der Waals surface area contributed by atoms with Gasteiger partial charge in [0.05, 0.1) is 29.0 Å². The molecule has 28 heavy (non-hydrogen) atoms. The van der Waals surface area contributed by atoms with Gasteiger partial charge < -0.3 is 10.2 Å². The molecule has 1 N–H and O–H groups in total. The molecule has 0 bridgehead atoms. The molecule has 0 radical (unpaired) electrons. The first kappa shape index (κ1) is 19.8. The van der Waals surface area contributed by atoms with Gasteiger partial charge in [0, 0.05) is 23.5 Å². The summed E-state index contributed by atoms with van der Waals surface area (Å²) in [5.74, 6) is -0.297. The zero-order valence-electron chi connectivity index (χ0n) is 15.4. The standard InChI is InChI=1S/C19H21N3O5S/c1-14-7-8-16(22(24)25)11-18(14)20-12-19(23)21(15-5-3-2-4-6-15)17-9-10-28(26,27)13-17/h2-8,11,17,20H,9-10,12-13H2,1H3/t17-/m1/s1.